The third-order valence-electron chi connectivity index (χ3n) is 2.94. The number of hydrogen-bond acceptors (Lipinski definition) is 3. The average molecular weight is 342 g/mol. The van der Waals surface area contributed by atoms with E-state index in [1.165, 1.54) is 0 Å². The standard InChI is InChI=1S/C15H12BrN5/c16-10-7-5-9(6-8-10)13-11-3-1-2-4-12(11)19-15(20-13)21-14(17)18/h1-8H,(H4,17,18,19,20,21). The number of fused-ring (bicyclic) bond motifs is 1. The van der Waals surface area contributed by atoms with Crippen molar-refractivity contribution in [2.24, 2.45) is 16.5 Å². The van der Waals surface area contributed by atoms with E-state index < -0.39 is 0 Å². The zero-order chi connectivity index (χ0) is 14.8. The summed E-state index contributed by atoms with van der Waals surface area (Å²) < 4.78 is 1.01. The number of rotatable bonds is 2. The van der Waals surface area contributed by atoms with Gasteiger partial charge in [0.15, 0.2) is 5.96 Å². The molecule has 4 N–H and O–H groups in total. The van der Waals surface area contributed by atoms with E-state index in [2.05, 4.69) is 30.9 Å². The first kappa shape index (κ1) is 13.5. The van der Waals surface area contributed by atoms with Crippen LogP contribution < -0.4 is 11.5 Å². The topological polar surface area (TPSA) is 90.2 Å². The molecule has 6 heteroatoms. The van der Waals surface area contributed by atoms with Gasteiger partial charge in [-0.1, -0.05) is 46.3 Å². The van der Waals surface area contributed by atoms with Crippen molar-refractivity contribution in [3.63, 3.8) is 0 Å². The van der Waals surface area contributed by atoms with E-state index in [0.29, 0.717) is 0 Å². The molecular formula is C15H12BrN5. The number of guanidine groups is 1. The van der Waals surface area contributed by atoms with Gasteiger partial charge in [-0.15, -0.1) is 0 Å². The molecule has 1 aromatic heterocycles. The zero-order valence-corrected chi connectivity index (χ0v) is 12.6. The fraction of sp³-hybridized carbons (Fsp3) is 0. The summed E-state index contributed by atoms with van der Waals surface area (Å²) in [4.78, 5) is 12.8. The second-order valence-corrected chi connectivity index (χ2v) is 5.35. The fourth-order valence-electron chi connectivity index (χ4n) is 2.06. The molecule has 0 amide bonds. The van der Waals surface area contributed by atoms with Gasteiger partial charge in [-0.3, -0.25) is 0 Å². The summed E-state index contributed by atoms with van der Waals surface area (Å²) >= 11 is 3.43. The highest BCUT2D eigenvalue weighted by molar-refractivity contribution is 9.10. The molecule has 104 valence electrons. The maximum Gasteiger partial charge on any atom is 0.253 e. The molecule has 0 spiro atoms. The lowest BCUT2D eigenvalue weighted by atomic mass is 10.1. The summed E-state index contributed by atoms with van der Waals surface area (Å²) in [6, 6.07) is 15.7. The average Bonchev–Trinajstić information content (AvgIpc) is 2.46. The lowest BCUT2D eigenvalue weighted by Gasteiger charge is -2.07. The lowest BCUT2D eigenvalue weighted by molar-refractivity contribution is 1.17. The number of halogens is 1. The highest BCUT2D eigenvalue weighted by atomic mass is 79.9. The van der Waals surface area contributed by atoms with Gasteiger partial charge in [0.2, 0.25) is 0 Å². The van der Waals surface area contributed by atoms with E-state index in [9.17, 15) is 0 Å². The van der Waals surface area contributed by atoms with Gasteiger partial charge in [0.1, 0.15) is 0 Å². The van der Waals surface area contributed by atoms with Crippen LogP contribution in [0, 0.1) is 0 Å². The lowest BCUT2D eigenvalue weighted by Crippen LogP contribution is -2.22. The monoisotopic (exact) mass is 341 g/mol. The second kappa shape index (κ2) is 5.49. The largest absolute Gasteiger partial charge is 0.370 e. The van der Waals surface area contributed by atoms with Gasteiger partial charge in [-0.05, 0) is 18.2 Å². The Balaban J connectivity index is 2.28. The number of aromatic nitrogens is 2. The quantitative estimate of drug-likeness (QED) is 0.553. The first-order valence-corrected chi connectivity index (χ1v) is 7.05. The van der Waals surface area contributed by atoms with E-state index in [-0.39, 0.29) is 11.9 Å². The summed E-state index contributed by atoms with van der Waals surface area (Å²) in [7, 11) is 0. The van der Waals surface area contributed by atoms with Gasteiger partial charge >= 0.3 is 0 Å². The minimum absolute atomic E-state index is 0.0629. The van der Waals surface area contributed by atoms with Crippen molar-refractivity contribution in [3.05, 3.63) is 53.0 Å². The van der Waals surface area contributed by atoms with Crippen molar-refractivity contribution in [1.82, 2.24) is 9.97 Å². The smallest absolute Gasteiger partial charge is 0.253 e. The van der Waals surface area contributed by atoms with Gasteiger partial charge in [0, 0.05) is 15.4 Å². The Hall–Kier alpha value is -2.47. The number of hydrogen-bond donors (Lipinski definition) is 2. The number of nitrogens with zero attached hydrogens (tertiary/aromatic N) is 3. The molecule has 0 unspecified atom stereocenters. The summed E-state index contributed by atoms with van der Waals surface area (Å²) in [5, 5.41) is 0.953. The predicted molar refractivity (Wildman–Crippen MR) is 88.1 cm³/mol. The minimum atomic E-state index is -0.0629. The Labute approximate surface area is 129 Å². The van der Waals surface area contributed by atoms with Crippen LogP contribution in [0.15, 0.2) is 58.0 Å². The molecule has 3 aromatic rings. The van der Waals surface area contributed by atoms with E-state index in [0.717, 1.165) is 26.6 Å². The molecule has 3 rings (SSSR count). The van der Waals surface area contributed by atoms with Crippen molar-refractivity contribution in [2.45, 2.75) is 0 Å². The summed E-state index contributed by atoms with van der Waals surface area (Å²) in [6.45, 7) is 0. The number of nitrogens with two attached hydrogens (primary N) is 2. The number of para-hydroxylation sites is 1. The van der Waals surface area contributed by atoms with E-state index >= 15 is 0 Å². The molecule has 21 heavy (non-hydrogen) atoms. The Morgan fingerprint density at radius 3 is 2.38 bits per heavy atom. The van der Waals surface area contributed by atoms with Crippen molar-refractivity contribution < 1.29 is 0 Å². The molecule has 1 heterocycles. The maximum atomic E-state index is 5.42. The van der Waals surface area contributed by atoms with Crippen LogP contribution in [0.3, 0.4) is 0 Å². The molecule has 2 aromatic carbocycles. The Morgan fingerprint density at radius 2 is 1.67 bits per heavy atom. The minimum Gasteiger partial charge on any atom is -0.370 e. The van der Waals surface area contributed by atoms with Crippen LogP contribution >= 0.6 is 15.9 Å². The third kappa shape index (κ3) is 2.85. The third-order valence-corrected chi connectivity index (χ3v) is 3.47. The zero-order valence-electron chi connectivity index (χ0n) is 11.0. The molecule has 0 aliphatic rings. The fourth-order valence-corrected chi connectivity index (χ4v) is 2.32. The Morgan fingerprint density at radius 1 is 0.952 bits per heavy atom. The molecule has 0 aliphatic heterocycles. The van der Waals surface area contributed by atoms with Crippen LogP contribution in [0.2, 0.25) is 0 Å². The van der Waals surface area contributed by atoms with Crippen molar-refractivity contribution in [3.8, 4) is 11.3 Å². The molecule has 0 bridgehead atoms. The first-order chi connectivity index (χ1) is 10.1. The van der Waals surface area contributed by atoms with E-state index in [4.69, 9.17) is 11.5 Å². The van der Waals surface area contributed by atoms with Crippen LogP contribution in [-0.4, -0.2) is 15.9 Å². The summed E-state index contributed by atoms with van der Waals surface area (Å²) in [5.74, 6) is 0.193. The van der Waals surface area contributed by atoms with E-state index in [1.807, 2.05) is 48.5 Å². The molecule has 5 nitrogen and oxygen atoms in total. The van der Waals surface area contributed by atoms with Gasteiger partial charge in [-0.25, -0.2) is 9.97 Å². The molecule has 0 saturated carbocycles. The number of benzene rings is 2. The Bertz CT molecular complexity index is 823. The maximum absolute atomic E-state index is 5.42. The van der Waals surface area contributed by atoms with Crippen molar-refractivity contribution in [2.75, 3.05) is 0 Å². The highest BCUT2D eigenvalue weighted by Crippen LogP contribution is 2.28. The molecule has 0 aliphatic carbocycles. The first-order valence-electron chi connectivity index (χ1n) is 6.26. The van der Waals surface area contributed by atoms with Crippen molar-refractivity contribution in [1.29, 1.82) is 0 Å². The Kier molecular flexibility index (Phi) is 3.53. The normalized spacial score (nSPS) is 10.5. The van der Waals surface area contributed by atoms with Gasteiger partial charge < -0.3 is 11.5 Å². The van der Waals surface area contributed by atoms with Crippen molar-refractivity contribution >= 4 is 38.7 Å². The van der Waals surface area contributed by atoms with E-state index in [1.54, 1.807) is 0 Å². The molecular weight excluding hydrogens is 330 g/mol. The molecule has 0 saturated heterocycles. The molecule has 0 atom stereocenters. The number of aliphatic imine (C=N–C) groups is 1. The summed E-state index contributed by atoms with van der Waals surface area (Å²) in [5.41, 5.74) is 13.4. The van der Waals surface area contributed by atoms with Crippen LogP contribution in [0.25, 0.3) is 22.2 Å². The molecule has 0 fully saturated rings. The van der Waals surface area contributed by atoms with Gasteiger partial charge in [0.05, 0.1) is 11.2 Å². The van der Waals surface area contributed by atoms with Crippen LogP contribution in [0.4, 0.5) is 5.95 Å². The van der Waals surface area contributed by atoms with Gasteiger partial charge in [-0.2, -0.15) is 4.99 Å². The highest BCUT2D eigenvalue weighted by Gasteiger charge is 2.09. The summed E-state index contributed by atoms with van der Waals surface area (Å²) in [6.07, 6.45) is 0. The second-order valence-electron chi connectivity index (χ2n) is 4.43. The predicted octanol–water partition coefficient (Wildman–Crippen LogP) is 2.96. The van der Waals surface area contributed by atoms with Crippen LogP contribution in [0.1, 0.15) is 0 Å². The van der Waals surface area contributed by atoms with Crippen LogP contribution in [0.5, 0.6) is 0 Å². The van der Waals surface area contributed by atoms with Crippen LogP contribution in [-0.2, 0) is 0 Å². The molecule has 0 radical (unpaired) electrons. The SMILES string of the molecule is NC(N)=Nc1nc(-c2ccc(Br)cc2)c2ccccc2n1. The van der Waals surface area contributed by atoms with Gasteiger partial charge in [0.25, 0.3) is 5.95 Å².